The average molecular weight is 261 g/mol. The highest BCUT2D eigenvalue weighted by molar-refractivity contribution is 5.95. The van der Waals surface area contributed by atoms with E-state index in [-0.39, 0.29) is 12.7 Å². The lowest BCUT2D eigenvalue weighted by molar-refractivity contribution is 0.0623. The summed E-state index contributed by atoms with van der Waals surface area (Å²) < 4.78 is 10.6. The normalized spacial score (nSPS) is 25.5. The molecule has 2 aliphatic heterocycles. The molecule has 1 saturated heterocycles. The lowest BCUT2D eigenvalue weighted by atomic mass is 9.91. The molecule has 4 heteroatoms. The zero-order valence-electron chi connectivity index (χ0n) is 11.4. The first kappa shape index (κ1) is 12.3. The fraction of sp³-hybridized carbons (Fsp3) is 0.533. The van der Waals surface area contributed by atoms with Crippen molar-refractivity contribution < 1.29 is 14.3 Å². The van der Waals surface area contributed by atoms with Gasteiger partial charge in [-0.2, -0.15) is 0 Å². The highest BCUT2D eigenvalue weighted by Gasteiger charge is 2.27. The van der Waals surface area contributed by atoms with Crippen molar-refractivity contribution in [2.75, 3.05) is 19.9 Å². The fourth-order valence-electron chi connectivity index (χ4n) is 3.04. The molecule has 3 rings (SSSR count). The third-order valence-electron chi connectivity index (χ3n) is 3.78. The van der Waals surface area contributed by atoms with Gasteiger partial charge in [0.15, 0.2) is 11.5 Å². The van der Waals surface area contributed by atoms with Gasteiger partial charge in [0, 0.05) is 18.7 Å². The van der Waals surface area contributed by atoms with Crippen LogP contribution >= 0.6 is 0 Å². The molecule has 0 spiro atoms. The monoisotopic (exact) mass is 261 g/mol. The molecular formula is C15H19NO3. The number of carbonyl (C=O) groups excluding carboxylic acids is 1. The van der Waals surface area contributed by atoms with Crippen LogP contribution in [-0.2, 0) is 0 Å². The molecule has 19 heavy (non-hydrogen) atoms. The molecule has 0 N–H and O–H groups in total. The second kappa shape index (κ2) is 4.76. The van der Waals surface area contributed by atoms with Crippen molar-refractivity contribution >= 4 is 5.91 Å². The summed E-state index contributed by atoms with van der Waals surface area (Å²) in [5, 5.41) is 0. The second-order valence-electron chi connectivity index (χ2n) is 5.72. The average Bonchev–Trinajstić information content (AvgIpc) is 2.83. The van der Waals surface area contributed by atoms with Gasteiger partial charge in [0.2, 0.25) is 6.79 Å². The summed E-state index contributed by atoms with van der Waals surface area (Å²) in [6, 6.07) is 5.42. The number of piperidine rings is 1. The van der Waals surface area contributed by atoms with Gasteiger partial charge < -0.3 is 14.4 Å². The number of ether oxygens (including phenoxy) is 2. The van der Waals surface area contributed by atoms with Gasteiger partial charge in [-0.3, -0.25) is 4.79 Å². The van der Waals surface area contributed by atoms with Gasteiger partial charge >= 0.3 is 0 Å². The van der Waals surface area contributed by atoms with Crippen LogP contribution in [0.15, 0.2) is 18.2 Å². The first-order valence-corrected chi connectivity index (χ1v) is 6.82. The van der Waals surface area contributed by atoms with E-state index in [0.717, 1.165) is 18.8 Å². The van der Waals surface area contributed by atoms with E-state index in [1.54, 1.807) is 6.07 Å². The van der Waals surface area contributed by atoms with Crippen LogP contribution < -0.4 is 9.47 Å². The van der Waals surface area contributed by atoms with Crippen LogP contribution in [0, 0.1) is 11.8 Å². The lowest BCUT2D eigenvalue weighted by Crippen LogP contribution is -2.42. The molecule has 2 atom stereocenters. The Balaban J connectivity index is 1.80. The molecule has 1 aromatic carbocycles. The third-order valence-corrected chi connectivity index (χ3v) is 3.78. The standard InChI is InChI=1S/C15H19NO3/c1-10-5-11(2)8-16(7-10)15(17)12-3-4-13-14(6-12)19-9-18-13/h3-4,6,10-11H,5,7-9H2,1-2H3/t10-,11-/m1/s1. The van der Waals surface area contributed by atoms with Gasteiger partial charge in [0.1, 0.15) is 0 Å². The molecule has 102 valence electrons. The van der Waals surface area contributed by atoms with Crippen molar-refractivity contribution in [3.8, 4) is 11.5 Å². The zero-order chi connectivity index (χ0) is 13.4. The van der Waals surface area contributed by atoms with Crippen LogP contribution in [0.1, 0.15) is 30.6 Å². The predicted molar refractivity (Wildman–Crippen MR) is 71.4 cm³/mol. The fourth-order valence-corrected chi connectivity index (χ4v) is 3.04. The largest absolute Gasteiger partial charge is 0.454 e. The molecule has 4 nitrogen and oxygen atoms in total. The van der Waals surface area contributed by atoms with Crippen LogP contribution in [0.5, 0.6) is 11.5 Å². The summed E-state index contributed by atoms with van der Waals surface area (Å²) in [6.07, 6.45) is 1.20. The van der Waals surface area contributed by atoms with Crippen LogP contribution in [-0.4, -0.2) is 30.7 Å². The van der Waals surface area contributed by atoms with E-state index in [1.165, 1.54) is 6.42 Å². The van der Waals surface area contributed by atoms with Crippen molar-refractivity contribution in [2.24, 2.45) is 11.8 Å². The summed E-state index contributed by atoms with van der Waals surface area (Å²) >= 11 is 0. The molecule has 1 fully saturated rings. The van der Waals surface area contributed by atoms with E-state index >= 15 is 0 Å². The maximum Gasteiger partial charge on any atom is 0.254 e. The van der Waals surface area contributed by atoms with Crippen molar-refractivity contribution in [3.05, 3.63) is 23.8 Å². The number of benzene rings is 1. The molecule has 0 saturated carbocycles. The molecular weight excluding hydrogens is 242 g/mol. The summed E-state index contributed by atoms with van der Waals surface area (Å²) in [7, 11) is 0. The number of rotatable bonds is 1. The maximum absolute atomic E-state index is 12.5. The Labute approximate surface area is 113 Å². The summed E-state index contributed by atoms with van der Waals surface area (Å²) in [5.74, 6) is 2.63. The van der Waals surface area contributed by atoms with Crippen LogP contribution in [0.3, 0.4) is 0 Å². The number of hydrogen-bond acceptors (Lipinski definition) is 3. The van der Waals surface area contributed by atoms with E-state index in [1.807, 2.05) is 17.0 Å². The minimum absolute atomic E-state index is 0.0942. The minimum atomic E-state index is 0.0942. The Morgan fingerprint density at radius 2 is 1.84 bits per heavy atom. The van der Waals surface area contributed by atoms with E-state index in [0.29, 0.717) is 23.1 Å². The summed E-state index contributed by atoms with van der Waals surface area (Å²) in [6.45, 7) is 6.34. The van der Waals surface area contributed by atoms with Crippen molar-refractivity contribution in [1.82, 2.24) is 4.90 Å². The Kier molecular flexibility index (Phi) is 3.09. The van der Waals surface area contributed by atoms with E-state index in [9.17, 15) is 4.79 Å². The first-order valence-electron chi connectivity index (χ1n) is 6.82. The Morgan fingerprint density at radius 3 is 2.58 bits per heavy atom. The van der Waals surface area contributed by atoms with Crippen molar-refractivity contribution in [3.63, 3.8) is 0 Å². The molecule has 0 aromatic heterocycles. The number of fused-ring (bicyclic) bond motifs is 1. The van der Waals surface area contributed by atoms with Crippen molar-refractivity contribution in [1.29, 1.82) is 0 Å². The van der Waals surface area contributed by atoms with E-state index in [4.69, 9.17) is 9.47 Å². The van der Waals surface area contributed by atoms with Gasteiger partial charge in [0.25, 0.3) is 5.91 Å². The topological polar surface area (TPSA) is 38.8 Å². The SMILES string of the molecule is C[C@@H]1C[C@@H](C)CN(C(=O)c2ccc3c(c2)OCO3)C1. The molecule has 0 aliphatic carbocycles. The van der Waals surface area contributed by atoms with E-state index in [2.05, 4.69) is 13.8 Å². The molecule has 2 heterocycles. The quantitative estimate of drug-likeness (QED) is 0.779. The van der Waals surface area contributed by atoms with Gasteiger partial charge in [-0.1, -0.05) is 13.8 Å². The van der Waals surface area contributed by atoms with Crippen LogP contribution in [0.2, 0.25) is 0 Å². The maximum atomic E-state index is 12.5. The third kappa shape index (κ3) is 2.39. The van der Waals surface area contributed by atoms with E-state index < -0.39 is 0 Å². The molecule has 0 bridgehead atoms. The minimum Gasteiger partial charge on any atom is -0.454 e. The molecule has 1 amide bonds. The number of nitrogens with zero attached hydrogens (tertiary/aromatic N) is 1. The van der Waals surface area contributed by atoms with Gasteiger partial charge in [0.05, 0.1) is 0 Å². The predicted octanol–water partition coefficient (Wildman–Crippen LogP) is 2.53. The van der Waals surface area contributed by atoms with Crippen LogP contribution in [0.4, 0.5) is 0 Å². The highest BCUT2D eigenvalue weighted by Crippen LogP contribution is 2.33. The number of carbonyl (C=O) groups is 1. The van der Waals surface area contributed by atoms with Gasteiger partial charge in [-0.15, -0.1) is 0 Å². The Hall–Kier alpha value is -1.71. The van der Waals surface area contributed by atoms with Gasteiger partial charge in [-0.05, 0) is 36.5 Å². The number of likely N-dealkylation sites (tertiary alicyclic amines) is 1. The molecule has 1 aromatic rings. The second-order valence-corrected chi connectivity index (χ2v) is 5.72. The van der Waals surface area contributed by atoms with Gasteiger partial charge in [-0.25, -0.2) is 0 Å². The molecule has 2 aliphatic rings. The lowest BCUT2D eigenvalue weighted by Gasteiger charge is -2.35. The zero-order valence-corrected chi connectivity index (χ0v) is 11.4. The first-order chi connectivity index (χ1) is 9.13. The summed E-state index contributed by atoms with van der Waals surface area (Å²) in [4.78, 5) is 14.5. The number of amides is 1. The number of hydrogen-bond donors (Lipinski definition) is 0. The summed E-state index contributed by atoms with van der Waals surface area (Å²) in [5.41, 5.74) is 0.686. The van der Waals surface area contributed by atoms with Crippen LogP contribution in [0.25, 0.3) is 0 Å². The Bertz CT molecular complexity index is 490. The Morgan fingerprint density at radius 1 is 1.16 bits per heavy atom. The highest BCUT2D eigenvalue weighted by atomic mass is 16.7. The van der Waals surface area contributed by atoms with Crippen molar-refractivity contribution in [2.45, 2.75) is 20.3 Å². The molecule has 0 unspecified atom stereocenters. The smallest absolute Gasteiger partial charge is 0.254 e. The molecule has 0 radical (unpaired) electrons.